The second kappa shape index (κ2) is 8.13. The van der Waals surface area contributed by atoms with Gasteiger partial charge in [-0.3, -0.25) is 9.59 Å². The summed E-state index contributed by atoms with van der Waals surface area (Å²) in [5, 5.41) is 6.28. The molecule has 2 heterocycles. The summed E-state index contributed by atoms with van der Waals surface area (Å²) in [5.74, 6) is -0.781. The molecule has 2 amide bonds. The van der Waals surface area contributed by atoms with Gasteiger partial charge in [0.15, 0.2) is 0 Å². The second-order valence-electron chi connectivity index (χ2n) is 5.86. The van der Waals surface area contributed by atoms with Gasteiger partial charge < -0.3 is 15.5 Å². The summed E-state index contributed by atoms with van der Waals surface area (Å²) in [6, 6.07) is 7.77. The van der Waals surface area contributed by atoms with Gasteiger partial charge in [0.1, 0.15) is 5.92 Å². The number of nitrogens with zero attached hydrogens (tertiary/aromatic N) is 1. The van der Waals surface area contributed by atoms with Crippen LogP contribution in [-0.2, 0) is 9.59 Å². The van der Waals surface area contributed by atoms with Crippen LogP contribution in [0.4, 0.5) is 5.69 Å². The number of anilines is 1. The van der Waals surface area contributed by atoms with Crippen molar-refractivity contribution in [3.05, 3.63) is 28.7 Å². The highest BCUT2D eigenvalue weighted by atomic mass is 79.9. The lowest BCUT2D eigenvalue weighted by Gasteiger charge is -2.25. The zero-order valence-corrected chi connectivity index (χ0v) is 15.2. The molecule has 1 aromatic rings. The molecule has 0 aliphatic carbocycles. The fourth-order valence-electron chi connectivity index (χ4n) is 3.10. The number of carbonyl (C=O) groups excluding carboxylic acids is 2. The number of rotatable bonds is 3. The monoisotopic (exact) mass is 401 g/mol. The third kappa shape index (κ3) is 4.25. The lowest BCUT2D eigenvalue weighted by atomic mass is 10.0. The Hall–Kier alpha value is -1.11. The van der Waals surface area contributed by atoms with Crippen LogP contribution in [0.15, 0.2) is 28.7 Å². The minimum absolute atomic E-state index is 0. The Bertz CT molecular complexity index is 578. The normalized spacial score (nSPS) is 24.2. The lowest BCUT2D eigenvalue weighted by molar-refractivity contribution is -0.132. The molecule has 2 aliphatic rings. The van der Waals surface area contributed by atoms with E-state index in [1.807, 2.05) is 24.3 Å². The number of hydrogen-bond acceptors (Lipinski definition) is 3. The molecule has 1 aromatic carbocycles. The number of amides is 2. The highest BCUT2D eigenvalue weighted by Gasteiger charge is 2.38. The van der Waals surface area contributed by atoms with Gasteiger partial charge in [0.25, 0.3) is 0 Å². The van der Waals surface area contributed by atoms with Gasteiger partial charge in [-0.1, -0.05) is 22.0 Å². The van der Waals surface area contributed by atoms with Gasteiger partial charge >= 0.3 is 0 Å². The summed E-state index contributed by atoms with van der Waals surface area (Å²) in [5.41, 5.74) is 0.842. The molecular formula is C16H21BrClN3O2. The lowest BCUT2D eigenvalue weighted by Crippen LogP contribution is -2.48. The Morgan fingerprint density at radius 2 is 2.17 bits per heavy atom. The van der Waals surface area contributed by atoms with Crippen LogP contribution in [-0.4, -0.2) is 37.5 Å². The number of carbonyl (C=O) groups is 2. The van der Waals surface area contributed by atoms with E-state index in [4.69, 9.17) is 0 Å². The molecule has 0 radical (unpaired) electrons. The number of piperidine rings is 1. The predicted octanol–water partition coefficient (Wildman–Crippen LogP) is 2.09. The summed E-state index contributed by atoms with van der Waals surface area (Å²) in [6.07, 6.45) is 2.63. The van der Waals surface area contributed by atoms with Crippen molar-refractivity contribution in [1.29, 1.82) is 0 Å². The van der Waals surface area contributed by atoms with Crippen LogP contribution in [0, 0.1) is 5.92 Å². The molecule has 7 heteroatoms. The van der Waals surface area contributed by atoms with E-state index in [2.05, 4.69) is 26.6 Å². The van der Waals surface area contributed by atoms with E-state index in [0.717, 1.165) is 36.1 Å². The van der Waals surface area contributed by atoms with Crippen LogP contribution in [0.2, 0.25) is 0 Å². The average Bonchev–Trinajstić information content (AvgIpc) is 2.90. The molecule has 2 fully saturated rings. The fraction of sp³-hybridized carbons (Fsp3) is 0.500. The fourth-order valence-corrected chi connectivity index (χ4v) is 3.49. The topological polar surface area (TPSA) is 61.4 Å². The van der Waals surface area contributed by atoms with Crippen LogP contribution >= 0.6 is 28.3 Å². The minimum atomic E-state index is -0.555. The summed E-state index contributed by atoms with van der Waals surface area (Å²) in [7, 11) is 0. The Morgan fingerprint density at radius 3 is 2.87 bits per heavy atom. The summed E-state index contributed by atoms with van der Waals surface area (Å²) in [6.45, 7) is 2.39. The Balaban J connectivity index is 0.00000192. The third-order valence-electron chi connectivity index (χ3n) is 4.29. The Labute approximate surface area is 150 Å². The summed E-state index contributed by atoms with van der Waals surface area (Å²) >= 11 is 3.41. The molecule has 0 saturated carbocycles. The van der Waals surface area contributed by atoms with Gasteiger partial charge in [0.2, 0.25) is 11.8 Å². The van der Waals surface area contributed by atoms with Crippen molar-refractivity contribution in [2.45, 2.75) is 25.3 Å². The predicted molar refractivity (Wildman–Crippen MR) is 95.9 cm³/mol. The smallest absolute Gasteiger partial charge is 0.239 e. The molecule has 0 aromatic heterocycles. The first kappa shape index (κ1) is 18.2. The van der Waals surface area contributed by atoms with Gasteiger partial charge in [-0.05, 0) is 44.0 Å². The first-order valence-electron chi connectivity index (χ1n) is 7.73. The van der Waals surface area contributed by atoms with Crippen LogP contribution in [0.5, 0.6) is 0 Å². The van der Waals surface area contributed by atoms with Gasteiger partial charge in [-0.2, -0.15) is 0 Å². The van der Waals surface area contributed by atoms with Crippen molar-refractivity contribution >= 4 is 45.8 Å². The number of halogens is 2. The van der Waals surface area contributed by atoms with Gasteiger partial charge in [-0.25, -0.2) is 0 Å². The van der Waals surface area contributed by atoms with Crippen molar-refractivity contribution in [2.75, 3.05) is 24.5 Å². The number of hydrogen-bond donors (Lipinski definition) is 2. The van der Waals surface area contributed by atoms with E-state index in [-0.39, 0.29) is 30.3 Å². The molecule has 2 unspecified atom stereocenters. The maximum absolute atomic E-state index is 12.5. The van der Waals surface area contributed by atoms with E-state index in [0.29, 0.717) is 13.0 Å². The van der Waals surface area contributed by atoms with Gasteiger partial charge in [0.05, 0.1) is 0 Å². The molecule has 5 nitrogen and oxygen atoms in total. The van der Waals surface area contributed by atoms with Crippen LogP contribution in [0.1, 0.15) is 19.3 Å². The van der Waals surface area contributed by atoms with Gasteiger partial charge in [-0.15, -0.1) is 12.4 Å². The largest absolute Gasteiger partial charge is 0.351 e. The van der Waals surface area contributed by atoms with E-state index < -0.39 is 5.92 Å². The van der Waals surface area contributed by atoms with E-state index >= 15 is 0 Å². The summed E-state index contributed by atoms with van der Waals surface area (Å²) < 4.78 is 0.930. The summed E-state index contributed by atoms with van der Waals surface area (Å²) in [4.78, 5) is 26.6. The highest BCUT2D eigenvalue weighted by Crippen LogP contribution is 2.27. The molecule has 0 bridgehead atoms. The highest BCUT2D eigenvalue weighted by molar-refractivity contribution is 9.10. The molecular weight excluding hydrogens is 382 g/mol. The van der Waals surface area contributed by atoms with E-state index in [1.165, 1.54) is 0 Å². The SMILES string of the molecule is Cl.O=C(NC1CCCNC1)C1CCN(c2cccc(Br)c2)C1=O. The van der Waals surface area contributed by atoms with Crippen LogP contribution in [0.25, 0.3) is 0 Å². The molecule has 2 aliphatic heterocycles. The van der Waals surface area contributed by atoms with E-state index in [1.54, 1.807) is 4.90 Å². The molecule has 2 N–H and O–H groups in total. The third-order valence-corrected chi connectivity index (χ3v) is 4.78. The average molecular weight is 403 g/mol. The Kier molecular flexibility index (Phi) is 6.44. The molecule has 126 valence electrons. The maximum atomic E-state index is 12.5. The van der Waals surface area contributed by atoms with Crippen molar-refractivity contribution in [2.24, 2.45) is 5.92 Å². The Morgan fingerprint density at radius 1 is 1.35 bits per heavy atom. The van der Waals surface area contributed by atoms with Gasteiger partial charge in [0, 0.05) is 29.3 Å². The van der Waals surface area contributed by atoms with E-state index in [9.17, 15) is 9.59 Å². The van der Waals surface area contributed by atoms with Crippen molar-refractivity contribution in [1.82, 2.24) is 10.6 Å². The molecule has 23 heavy (non-hydrogen) atoms. The molecule has 0 spiro atoms. The molecule has 3 rings (SSSR count). The van der Waals surface area contributed by atoms with Crippen molar-refractivity contribution in [3.63, 3.8) is 0 Å². The molecule has 2 saturated heterocycles. The zero-order chi connectivity index (χ0) is 15.5. The van der Waals surface area contributed by atoms with Crippen LogP contribution < -0.4 is 15.5 Å². The second-order valence-corrected chi connectivity index (χ2v) is 6.78. The number of nitrogens with one attached hydrogen (secondary N) is 2. The number of benzene rings is 1. The standard InChI is InChI=1S/C16H20BrN3O2.ClH/c17-11-3-1-5-13(9-11)20-8-6-14(16(20)22)15(21)19-12-4-2-7-18-10-12;/h1,3,5,9,12,14,18H,2,4,6-8,10H2,(H,19,21);1H. The first-order chi connectivity index (χ1) is 10.6. The van der Waals surface area contributed by atoms with Crippen molar-refractivity contribution < 1.29 is 9.59 Å². The van der Waals surface area contributed by atoms with Crippen molar-refractivity contribution in [3.8, 4) is 0 Å². The minimum Gasteiger partial charge on any atom is -0.351 e. The quantitative estimate of drug-likeness (QED) is 0.761. The first-order valence-corrected chi connectivity index (χ1v) is 8.52. The maximum Gasteiger partial charge on any atom is 0.239 e. The zero-order valence-electron chi connectivity index (χ0n) is 12.8. The van der Waals surface area contributed by atoms with Crippen LogP contribution in [0.3, 0.4) is 0 Å². The molecule has 2 atom stereocenters.